The molecule has 0 N–H and O–H groups in total. The number of benzene rings is 1. The minimum atomic E-state index is -1.04. The second-order valence-corrected chi connectivity index (χ2v) is 11.5. The van der Waals surface area contributed by atoms with Crippen LogP contribution in [0, 0.1) is 0 Å². The van der Waals surface area contributed by atoms with Crippen LogP contribution in [0.4, 0.5) is 0 Å². The fraction of sp³-hybridized carbons (Fsp3) is 0.571. The Morgan fingerprint density at radius 1 is 1.16 bits per heavy atom. The first kappa shape index (κ1) is 16.3. The zero-order valence-corrected chi connectivity index (χ0v) is 13.9. The molecule has 0 aliphatic rings. The number of ether oxygens (including phenoxy) is 3. The highest BCUT2D eigenvalue weighted by Crippen LogP contribution is 2.28. The molecule has 0 atom stereocenters. The van der Waals surface area contributed by atoms with Gasteiger partial charge in [0.05, 0.1) is 7.11 Å². The van der Waals surface area contributed by atoms with Crippen molar-refractivity contribution in [2.24, 2.45) is 0 Å². The molecule has 0 unspecified atom stereocenters. The fourth-order valence-electron chi connectivity index (χ4n) is 1.46. The quantitative estimate of drug-likeness (QED) is 0.313. The van der Waals surface area contributed by atoms with Crippen LogP contribution < -0.4 is 9.47 Å². The van der Waals surface area contributed by atoms with Crippen LogP contribution >= 0.6 is 11.6 Å². The molecule has 0 saturated carbocycles. The highest BCUT2D eigenvalue weighted by atomic mass is 35.5. The Hall–Kier alpha value is -0.713. The average Bonchev–Trinajstić information content (AvgIpc) is 2.37. The van der Waals surface area contributed by atoms with Crippen molar-refractivity contribution in [1.82, 2.24) is 0 Å². The van der Waals surface area contributed by atoms with E-state index in [-0.39, 0.29) is 6.79 Å². The number of methoxy groups -OCH3 is 1. The van der Waals surface area contributed by atoms with Crippen LogP contribution in [0.25, 0.3) is 0 Å². The number of halogens is 1. The zero-order valence-electron chi connectivity index (χ0n) is 12.2. The molecule has 0 aliphatic heterocycles. The normalized spacial score (nSPS) is 11.4. The van der Waals surface area contributed by atoms with Gasteiger partial charge in [-0.25, -0.2) is 0 Å². The summed E-state index contributed by atoms with van der Waals surface area (Å²) in [6.45, 7) is 7.97. The molecule has 1 rings (SSSR count). The molecular formula is C14H23ClO3Si. The predicted molar refractivity (Wildman–Crippen MR) is 82.2 cm³/mol. The van der Waals surface area contributed by atoms with Gasteiger partial charge in [-0.3, -0.25) is 0 Å². The van der Waals surface area contributed by atoms with E-state index in [9.17, 15) is 0 Å². The molecule has 0 aliphatic carbocycles. The van der Waals surface area contributed by atoms with Gasteiger partial charge in [0.1, 0.15) is 0 Å². The van der Waals surface area contributed by atoms with Gasteiger partial charge in [0, 0.05) is 20.6 Å². The van der Waals surface area contributed by atoms with E-state index in [4.69, 9.17) is 25.8 Å². The summed E-state index contributed by atoms with van der Waals surface area (Å²) in [5.41, 5.74) is 1.01. The van der Waals surface area contributed by atoms with Crippen molar-refractivity contribution in [3.05, 3.63) is 23.8 Å². The third-order valence-corrected chi connectivity index (χ3v) is 4.69. The lowest BCUT2D eigenvalue weighted by Crippen LogP contribution is -2.22. The third-order valence-electron chi connectivity index (χ3n) is 2.68. The number of hydrogen-bond acceptors (Lipinski definition) is 3. The summed E-state index contributed by atoms with van der Waals surface area (Å²) in [5, 5.41) is 0. The fourth-order valence-corrected chi connectivity index (χ4v) is 2.38. The second kappa shape index (κ2) is 7.77. The van der Waals surface area contributed by atoms with Gasteiger partial charge in [-0.2, -0.15) is 0 Å². The zero-order chi connectivity index (χ0) is 14.3. The summed E-state index contributed by atoms with van der Waals surface area (Å²) >= 11 is 5.78. The van der Waals surface area contributed by atoms with Crippen LogP contribution in [0.1, 0.15) is 5.56 Å². The smallest absolute Gasteiger partial charge is 0.189 e. The molecule has 0 aromatic heterocycles. The van der Waals surface area contributed by atoms with E-state index in [2.05, 4.69) is 19.6 Å². The molecule has 19 heavy (non-hydrogen) atoms. The van der Waals surface area contributed by atoms with Gasteiger partial charge in [-0.15, -0.1) is 11.6 Å². The molecule has 0 fully saturated rings. The number of alkyl halides is 1. The van der Waals surface area contributed by atoms with Crippen LogP contribution in [-0.4, -0.2) is 28.6 Å². The van der Waals surface area contributed by atoms with E-state index in [1.54, 1.807) is 7.11 Å². The lowest BCUT2D eigenvalue weighted by molar-refractivity contribution is 0.0205. The summed E-state index contributed by atoms with van der Waals surface area (Å²) < 4.78 is 16.3. The van der Waals surface area contributed by atoms with Gasteiger partial charge in [-0.05, 0) is 23.7 Å². The van der Waals surface area contributed by atoms with Gasteiger partial charge in [0.15, 0.2) is 18.3 Å². The van der Waals surface area contributed by atoms with Crippen molar-refractivity contribution in [3.63, 3.8) is 0 Å². The van der Waals surface area contributed by atoms with Crippen molar-refractivity contribution < 1.29 is 14.2 Å². The van der Waals surface area contributed by atoms with Crippen LogP contribution in [0.3, 0.4) is 0 Å². The highest BCUT2D eigenvalue weighted by molar-refractivity contribution is 6.76. The molecule has 0 heterocycles. The van der Waals surface area contributed by atoms with Crippen molar-refractivity contribution >= 4 is 19.7 Å². The summed E-state index contributed by atoms with van der Waals surface area (Å²) in [4.78, 5) is 0. The molecule has 3 nitrogen and oxygen atoms in total. The summed E-state index contributed by atoms with van der Waals surface area (Å²) in [6, 6.07) is 6.80. The topological polar surface area (TPSA) is 27.7 Å². The Morgan fingerprint density at radius 3 is 2.47 bits per heavy atom. The maximum atomic E-state index is 5.78. The summed E-state index contributed by atoms with van der Waals surface area (Å²) in [6.07, 6.45) is 0. The van der Waals surface area contributed by atoms with Crippen molar-refractivity contribution in [1.29, 1.82) is 0 Å². The summed E-state index contributed by atoms with van der Waals surface area (Å²) in [7, 11) is 0.581. The van der Waals surface area contributed by atoms with Gasteiger partial charge < -0.3 is 14.2 Å². The molecule has 0 saturated heterocycles. The largest absolute Gasteiger partial charge is 0.493 e. The number of rotatable bonds is 8. The van der Waals surface area contributed by atoms with Crippen LogP contribution in [-0.2, 0) is 10.6 Å². The monoisotopic (exact) mass is 302 g/mol. The van der Waals surface area contributed by atoms with Crippen molar-refractivity contribution in [2.45, 2.75) is 31.6 Å². The minimum absolute atomic E-state index is 0.251. The first-order valence-corrected chi connectivity index (χ1v) is 10.6. The standard InChI is InChI=1S/C14H23ClO3Si/c1-16-14-9-12(10-15)5-6-13(14)18-11-17-7-8-19(2,3)4/h5-6,9H,7-8,10-11H2,1-4H3. The highest BCUT2D eigenvalue weighted by Gasteiger charge is 2.12. The molecule has 0 amide bonds. The van der Waals surface area contributed by atoms with E-state index < -0.39 is 8.07 Å². The minimum Gasteiger partial charge on any atom is -0.493 e. The van der Waals surface area contributed by atoms with E-state index in [1.807, 2.05) is 18.2 Å². The Balaban J connectivity index is 2.41. The maximum absolute atomic E-state index is 5.78. The van der Waals surface area contributed by atoms with E-state index in [0.29, 0.717) is 17.4 Å². The van der Waals surface area contributed by atoms with E-state index in [1.165, 1.54) is 0 Å². The van der Waals surface area contributed by atoms with Crippen LogP contribution in [0.2, 0.25) is 25.7 Å². The molecule has 5 heteroatoms. The van der Waals surface area contributed by atoms with Gasteiger partial charge >= 0.3 is 0 Å². The predicted octanol–water partition coefficient (Wildman–Crippen LogP) is 4.13. The van der Waals surface area contributed by atoms with E-state index >= 15 is 0 Å². The van der Waals surface area contributed by atoms with Gasteiger partial charge in [0.25, 0.3) is 0 Å². The average molecular weight is 303 g/mol. The Bertz CT molecular complexity index is 391. The molecular weight excluding hydrogens is 280 g/mol. The SMILES string of the molecule is COc1cc(CCl)ccc1OCOCC[Si](C)(C)C. The molecule has 1 aromatic rings. The molecule has 1 aromatic carbocycles. The summed E-state index contributed by atoms with van der Waals surface area (Å²) in [5.74, 6) is 1.83. The number of hydrogen-bond donors (Lipinski definition) is 0. The maximum Gasteiger partial charge on any atom is 0.189 e. The van der Waals surface area contributed by atoms with Crippen molar-refractivity contribution in [2.75, 3.05) is 20.5 Å². The molecule has 108 valence electrons. The Kier molecular flexibility index (Phi) is 6.69. The van der Waals surface area contributed by atoms with Gasteiger partial charge in [-0.1, -0.05) is 25.7 Å². The molecule has 0 radical (unpaired) electrons. The Morgan fingerprint density at radius 2 is 1.89 bits per heavy atom. The van der Waals surface area contributed by atoms with E-state index in [0.717, 1.165) is 18.2 Å². The lowest BCUT2D eigenvalue weighted by atomic mass is 10.2. The first-order chi connectivity index (χ1) is 8.96. The lowest BCUT2D eigenvalue weighted by Gasteiger charge is -2.16. The van der Waals surface area contributed by atoms with Crippen LogP contribution in [0.15, 0.2) is 18.2 Å². The van der Waals surface area contributed by atoms with Crippen LogP contribution in [0.5, 0.6) is 11.5 Å². The molecule has 0 bridgehead atoms. The van der Waals surface area contributed by atoms with Crippen molar-refractivity contribution in [3.8, 4) is 11.5 Å². The first-order valence-electron chi connectivity index (χ1n) is 6.39. The second-order valence-electron chi connectivity index (χ2n) is 5.60. The molecule has 0 spiro atoms. The third kappa shape index (κ3) is 6.32. The Labute approximate surface area is 121 Å². The van der Waals surface area contributed by atoms with Gasteiger partial charge in [0.2, 0.25) is 0 Å².